The molecule has 3 N–H and O–H groups in total. The van der Waals surface area contributed by atoms with E-state index in [1.54, 1.807) is 7.11 Å². The summed E-state index contributed by atoms with van der Waals surface area (Å²) in [7, 11) is 1.72. The van der Waals surface area contributed by atoms with Crippen LogP contribution in [0.3, 0.4) is 0 Å². The summed E-state index contributed by atoms with van der Waals surface area (Å²) in [5.74, 6) is 0.853. The molecule has 3 rings (SSSR count). The number of nitrogens with one attached hydrogen (secondary N) is 3. The maximum Gasteiger partial charge on any atom is 0.144 e. The lowest BCUT2D eigenvalue weighted by molar-refractivity contribution is 0.414. The zero-order valence-electron chi connectivity index (χ0n) is 20.2. The third-order valence-corrected chi connectivity index (χ3v) is 6.13. The molecule has 3 heterocycles. The quantitative estimate of drug-likeness (QED) is 0.251. The maximum absolute atomic E-state index is 5.62. The van der Waals surface area contributed by atoms with Crippen molar-refractivity contribution in [2.24, 2.45) is 0 Å². The monoisotopic (exact) mass is 435 g/mol. The molecule has 32 heavy (non-hydrogen) atoms. The normalized spacial score (nSPS) is 12.7. The van der Waals surface area contributed by atoms with Gasteiger partial charge in [0.2, 0.25) is 0 Å². The number of hydrogen-bond donors (Lipinski definition) is 3. The highest BCUT2D eigenvalue weighted by molar-refractivity contribution is 5.65. The molecule has 0 aliphatic heterocycles. The first-order chi connectivity index (χ1) is 15.7. The highest BCUT2D eigenvalue weighted by atomic mass is 16.5. The van der Waals surface area contributed by atoms with Crippen LogP contribution >= 0.6 is 0 Å². The minimum atomic E-state index is 0.853. The van der Waals surface area contributed by atoms with Gasteiger partial charge >= 0.3 is 0 Å². The van der Waals surface area contributed by atoms with Crippen molar-refractivity contribution >= 4 is 12.2 Å². The average molecular weight is 436 g/mol. The number of hydrogen-bond acceptors (Lipinski definition) is 1. The summed E-state index contributed by atoms with van der Waals surface area (Å²) < 4.78 is 5.62. The summed E-state index contributed by atoms with van der Waals surface area (Å²) in [5, 5.41) is 2.39. The maximum atomic E-state index is 5.62. The molecule has 0 bridgehead atoms. The van der Waals surface area contributed by atoms with E-state index < -0.39 is 0 Å². The first kappa shape index (κ1) is 24.0. The Labute approximate surface area is 193 Å². The Hall–Kier alpha value is -2.62. The second-order valence-electron chi connectivity index (χ2n) is 8.75. The van der Waals surface area contributed by atoms with Crippen LogP contribution in [0, 0.1) is 0 Å². The summed E-state index contributed by atoms with van der Waals surface area (Å²) in [4.78, 5) is 10.3. The topological polar surface area (TPSA) is 56.6 Å². The van der Waals surface area contributed by atoms with Crippen LogP contribution in [0.2, 0.25) is 0 Å². The van der Waals surface area contributed by atoms with Gasteiger partial charge in [0, 0.05) is 23.0 Å². The minimum Gasteiger partial charge on any atom is -0.494 e. The van der Waals surface area contributed by atoms with E-state index in [2.05, 4.69) is 53.1 Å². The SMILES string of the molecule is CCC=c1[nH]c(=Cc2[nH]c(-c3ccc[nH]3)cc2OC)cc1CCCCCCCCCCC. The van der Waals surface area contributed by atoms with Gasteiger partial charge < -0.3 is 19.7 Å². The van der Waals surface area contributed by atoms with E-state index >= 15 is 0 Å². The Balaban J connectivity index is 1.63. The second-order valence-corrected chi connectivity index (χ2v) is 8.75. The molecule has 0 aliphatic rings. The summed E-state index contributed by atoms with van der Waals surface area (Å²) in [6.45, 7) is 4.48. The van der Waals surface area contributed by atoms with Gasteiger partial charge in [0.05, 0.1) is 24.2 Å². The molecular weight excluding hydrogens is 394 g/mol. The third kappa shape index (κ3) is 6.94. The molecule has 0 unspecified atom stereocenters. The molecule has 4 heteroatoms. The molecule has 0 amide bonds. The van der Waals surface area contributed by atoms with Gasteiger partial charge in [0.15, 0.2) is 0 Å². The fourth-order valence-electron chi connectivity index (χ4n) is 4.36. The van der Waals surface area contributed by atoms with Crippen molar-refractivity contribution in [3.8, 4) is 17.1 Å². The fraction of sp³-hybridized carbons (Fsp3) is 0.500. The second kappa shape index (κ2) is 13.0. The molecular formula is C28H41N3O. The van der Waals surface area contributed by atoms with Gasteiger partial charge in [-0.1, -0.05) is 71.3 Å². The van der Waals surface area contributed by atoms with E-state index in [9.17, 15) is 0 Å². The molecule has 0 saturated carbocycles. The van der Waals surface area contributed by atoms with Crippen molar-refractivity contribution in [2.45, 2.75) is 84.5 Å². The molecule has 3 aromatic rings. The van der Waals surface area contributed by atoms with Gasteiger partial charge in [-0.05, 0) is 49.1 Å². The van der Waals surface area contributed by atoms with E-state index in [4.69, 9.17) is 4.74 Å². The lowest BCUT2D eigenvalue weighted by atomic mass is 10.0. The first-order valence-corrected chi connectivity index (χ1v) is 12.6. The predicted molar refractivity (Wildman–Crippen MR) is 136 cm³/mol. The van der Waals surface area contributed by atoms with Crippen LogP contribution in [0.15, 0.2) is 30.5 Å². The lowest BCUT2D eigenvalue weighted by Crippen LogP contribution is -2.11. The molecule has 174 valence electrons. The van der Waals surface area contributed by atoms with Crippen molar-refractivity contribution in [1.82, 2.24) is 15.0 Å². The van der Waals surface area contributed by atoms with E-state index in [1.807, 2.05) is 18.3 Å². The van der Waals surface area contributed by atoms with Crippen molar-refractivity contribution in [3.05, 3.63) is 52.4 Å². The van der Waals surface area contributed by atoms with Gasteiger partial charge in [-0.2, -0.15) is 0 Å². The molecule has 0 saturated heterocycles. The number of unbranched alkanes of at least 4 members (excludes halogenated alkanes) is 8. The largest absolute Gasteiger partial charge is 0.494 e. The van der Waals surface area contributed by atoms with Crippen molar-refractivity contribution < 1.29 is 4.74 Å². The lowest BCUT2D eigenvalue weighted by Gasteiger charge is -2.02. The molecule has 3 aromatic heterocycles. The predicted octanol–water partition coefficient (Wildman–Crippen LogP) is 6.44. The van der Waals surface area contributed by atoms with Gasteiger partial charge in [-0.25, -0.2) is 0 Å². The molecule has 0 spiro atoms. The van der Waals surface area contributed by atoms with Crippen molar-refractivity contribution in [1.29, 1.82) is 0 Å². The van der Waals surface area contributed by atoms with Crippen LogP contribution in [-0.4, -0.2) is 22.1 Å². The Kier molecular flexibility index (Phi) is 9.80. The van der Waals surface area contributed by atoms with E-state index in [1.165, 1.54) is 68.7 Å². The van der Waals surface area contributed by atoms with Crippen LogP contribution in [0.1, 0.15) is 89.3 Å². The van der Waals surface area contributed by atoms with Crippen LogP contribution in [0.5, 0.6) is 5.75 Å². The number of H-pyrrole nitrogens is 3. The molecule has 0 aliphatic carbocycles. The fourth-order valence-corrected chi connectivity index (χ4v) is 4.36. The first-order valence-electron chi connectivity index (χ1n) is 12.6. The summed E-state index contributed by atoms with van der Waals surface area (Å²) >= 11 is 0. The highest BCUT2D eigenvalue weighted by Crippen LogP contribution is 2.26. The number of aromatic amines is 3. The average Bonchev–Trinajstić information content (AvgIpc) is 3.53. The van der Waals surface area contributed by atoms with E-state index in [0.29, 0.717) is 0 Å². The molecule has 0 aromatic carbocycles. The summed E-state index contributed by atoms with van der Waals surface area (Å²) in [6.07, 6.45) is 20.9. The Morgan fingerprint density at radius 2 is 1.62 bits per heavy atom. The standard InChI is InChI=1S/C28H41N3O/c1-4-6-7-8-9-10-11-12-13-16-22-19-23(30-24(22)15-5-2)20-27-28(32-3)21-26(31-27)25-17-14-18-29-25/h14-15,17-21,29-31H,4-13,16H2,1-3H3. The molecule has 0 atom stereocenters. The number of aryl methyl sites for hydroxylation is 1. The van der Waals surface area contributed by atoms with Crippen molar-refractivity contribution in [2.75, 3.05) is 7.11 Å². The summed E-state index contributed by atoms with van der Waals surface area (Å²) in [5.41, 5.74) is 4.49. The van der Waals surface area contributed by atoms with E-state index in [0.717, 1.165) is 41.0 Å². The van der Waals surface area contributed by atoms with Gasteiger partial charge in [-0.3, -0.25) is 0 Å². The molecule has 0 radical (unpaired) electrons. The zero-order valence-corrected chi connectivity index (χ0v) is 20.2. The van der Waals surface area contributed by atoms with Gasteiger partial charge in [0.1, 0.15) is 5.75 Å². The number of ether oxygens (including phenoxy) is 1. The van der Waals surface area contributed by atoms with Crippen molar-refractivity contribution in [3.63, 3.8) is 0 Å². The number of rotatable bonds is 14. The Bertz CT molecular complexity index is 1020. The number of methoxy groups -OCH3 is 1. The summed E-state index contributed by atoms with van der Waals surface area (Å²) in [6, 6.07) is 8.41. The van der Waals surface area contributed by atoms with E-state index in [-0.39, 0.29) is 0 Å². The van der Waals surface area contributed by atoms with Crippen LogP contribution in [0.25, 0.3) is 23.5 Å². The molecule has 4 nitrogen and oxygen atoms in total. The smallest absolute Gasteiger partial charge is 0.144 e. The van der Waals surface area contributed by atoms with Crippen LogP contribution in [-0.2, 0) is 6.42 Å². The Morgan fingerprint density at radius 3 is 2.28 bits per heavy atom. The number of aromatic nitrogens is 3. The molecule has 0 fully saturated rings. The highest BCUT2D eigenvalue weighted by Gasteiger charge is 2.09. The third-order valence-electron chi connectivity index (χ3n) is 6.13. The van der Waals surface area contributed by atoms with Gasteiger partial charge in [0.25, 0.3) is 0 Å². The van der Waals surface area contributed by atoms with Gasteiger partial charge in [-0.15, -0.1) is 0 Å². The van der Waals surface area contributed by atoms with Crippen LogP contribution in [0.4, 0.5) is 0 Å². The minimum absolute atomic E-state index is 0.853. The van der Waals surface area contributed by atoms with Crippen LogP contribution < -0.4 is 15.4 Å². The zero-order chi connectivity index (χ0) is 22.6. The Morgan fingerprint density at radius 1 is 0.875 bits per heavy atom.